The molecule has 2 heterocycles. The summed E-state index contributed by atoms with van der Waals surface area (Å²) in [6.45, 7) is 2.55. The minimum atomic E-state index is -0.161. The lowest BCUT2D eigenvalue weighted by Crippen LogP contribution is -2.18. The maximum Gasteiger partial charge on any atom is 0.289 e. The van der Waals surface area contributed by atoms with Gasteiger partial charge in [-0.15, -0.1) is 0 Å². The van der Waals surface area contributed by atoms with Crippen molar-refractivity contribution in [1.82, 2.24) is 5.32 Å². The predicted octanol–water partition coefficient (Wildman–Crippen LogP) is 5.87. The maximum atomic E-state index is 11.9. The number of furan rings is 1. The van der Waals surface area contributed by atoms with Crippen LogP contribution < -0.4 is 10.1 Å². The summed E-state index contributed by atoms with van der Waals surface area (Å²) < 4.78 is 11.3. The number of benzene rings is 2. The van der Waals surface area contributed by atoms with E-state index >= 15 is 0 Å². The SMILES string of the molecule is CCOc1ccc(N=C2NC(=O)S/C2=C\c2ccc(-c3ccccc3)o2)cc1. The first-order valence-electron chi connectivity index (χ1n) is 8.89. The second-order valence-corrected chi connectivity index (χ2v) is 6.99. The number of hydrogen-bond acceptors (Lipinski definition) is 5. The molecule has 0 radical (unpaired) electrons. The van der Waals surface area contributed by atoms with Crippen molar-refractivity contribution in [2.45, 2.75) is 6.92 Å². The number of aliphatic imine (C=N–C) groups is 1. The zero-order valence-corrected chi connectivity index (χ0v) is 16.0. The molecule has 4 rings (SSSR count). The Morgan fingerprint density at radius 2 is 1.86 bits per heavy atom. The van der Waals surface area contributed by atoms with Gasteiger partial charge in [-0.2, -0.15) is 0 Å². The van der Waals surface area contributed by atoms with Crippen molar-refractivity contribution < 1.29 is 13.9 Å². The first-order chi connectivity index (χ1) is 13.7. The molecule has 1 aliphatic heterocycles. The average Bonchev–Trinajstić information content (AvgIpc) is 3.31. The first-order valence-corrected chi connectivity index (χ1v) is 9.70. The molecule has 0 unspecified atom stereocenters. The van der Waals surface area contributed by atoms with Crippen molar-refractivity contribution in [2.24, 2.45) is 4.99 Å². The number of thioether (sulfide) groups is 1. The molecule has 6 heteroatoms. The Morgan fingerprint density at radius 3 is 2.61 bits per heavy atom. The van der Waals surface area contributed by atoms with Gasteiger partial charge in [-0.05, 0) is 61.2 Å². The number of rotatable bonds is 5. The van der Waals surface area contributed by atoms with Crippen molar-refractivity contribution in [2.75, 3.05) is 6.61 Å². The van der Waals surface area contributed by atoms with Crippen LogP contribution >= 0.6 is 11.8 Å². The smallest absolute Gasteiger partial charge is 0.289 e. The van der Waals surface area contributed by atoms with E-state index < -0.39 is 0 Å². The molecule has 1 N–H and O–H groups in total. The molecule has 1 saturated heterocycles. The van der Waals surface area contributed by atoms with Gasteiger partial charge in [0, 0.05) is 5.56 Å². The van der Waals surface area contributed by atoms with E-state index in [0.29, 0.717) is 23.1 Å². The standard InChI is InChI=1S/C22H18N2O3S/c1-2-26-17-10-8-16(9-11-17)23-21-20(28-22(25)24-21)14-18-12-13-19(27-18)15-6-4-3-5-7-15/h3-14H,2H2,1H3,(H,23,24,25)/b20-14-. The van der Waals surface area contributed by atoms with Gasteiger partial charge >= 0.3 is 0 Å². The Kier molecular flexibility index (Phi) is 5.30. The Hall–Kier alpha value is -3.25. The van der Waals surface area contributed by atoms with E-state index in [1.165, 1.54) is 0 Å². The summed E-state index contributed by atoms with van der Waals surface area (Å²) in [7, 11) is 0. The molecule has 3 aromatic rings. The molecule has 140 valence electrons. The summed E-state index contributed by atoms with van der Waals surface area (Å²) in [5, 5.41) is 2.62. The summed E-state index contributed by atoms with van der Waals surface area (Å²) in [5.74, 6) is 2.74. The van der Waals surface area contributed by atoms with Crippen molar-refractivity contribution in [3.8, 4) is 17.1 Å². The van der Waals surface area contributed by atoms with Crippen LogP contribution in [0.4, 0.5) is 10.5 Å². The van der Waals surface area contributed by atoms with Gasteiger partial charge in [-0.1, -0.05) is 30.3 Å². The fourth-order valence-electron chi connectivity index (χ4n) is 2.74. The largest absolute Gasteiger partial charge is 0.494 e. The highest BCUT2D eigenvalue weighted by Crippen LogP contribution is 2.30. The topological polar surface area (TPSA) is 63.8 Å². The Balaban J connectivity index is 1.59. The molecule has 0 spiro atoms. The van der Waals surface area contributed by atoms with Gasteiger partial charge < -0.3 is 14.5 Å². The summed E-state index contributed by atoms with van der Waals surface area (Å²) in [4.78, 5) is 17.2. The second kappa shape index (κ2) is 8.19. The number of ether oxygens (including phenoxy) is 1. The van der Waals surface area contributed by atoms with E-state index in [-0.39, 0.29) is 5.24 Å². The monoisotopic (exact) mass is 390 g/mol. The molecule has 1 amide bonds. The number of nitrogens with one attached hydrogen (secondary N) is 1. The van der Waals surface area contributed by atoms with Crippen LogP contribution in [0.15, 0.2) is 81.0 Å². The van der Waals surface area contributed by atoms with Gasteiger partial charge in [-0.3, -0.25) is 4.79 Å². The number of amidine groups is 1. The molecule has 0 atom stereocenters. The van der Waals surface area contributed by atoms with Crippen LogP contribution in [-0.4, -0.2) is 17.7 Å². The molecule has 1 fully saturated rings. The third-order valence-electron chi connectivity index (χ3n) is 4.00. The maximum absolute atomic E-state index is 11.9. The molecule has 0 saturated carbocycles. The second-order valence-electron chi connectivity index (χ2n) is 5.98. The van der Waals surface area contributed by atoms with Crippen molar-refractivity contribution in [1.29, 1.82) is 0 Å². The van der Waals surface area contributed by atoms with Crippen molar-refractivity contribution in [3.05, 3.63) is 77.4 Å². The Labute approximate surface area is 167 Å². The molecule has 5 nitrogen and oxygen atoms in total. The number of carbonyl (C=O) groups is 1. The van der Waals surface area contributed by atoms with E-state index in [1.807, 2.05) is 79.7 Å². The van der Waals surface area contributed by atoms with Gasteiger partial charge in [0.2, 0.25) is 0 Å². The van der Waals surface area contributed by atoms with Crippen LogP contribution in [0.5, 0.6) is 5.75 Å². The molecule has 0 aliphatic carbocycles. The third-order valence-corrected chi connectivity index (χ3v) is 4.82. The highest BCUT2D eigenvalue weighted by Gasteiger charge is 2.24. The van der Waals surface area contributed by atoms with Crippen LogP contribution in [0.2, 0.25) is 0 Å². The number of nitrogens with zero attached hydrogens (tertiary/aromatic N) is 1. The minimum Gasteiger partial charge on any atom is -0.494 e. The average molecular weight is 390 g/mol. The van der Waals surface area contributed by atoms with Crippen LogP contribution in [0.25, 0.3) is 17.4 Å². The first kappa shape index (κ1) is 18.1. The Bertz CT molecular complexity index is 1040. The van der Waals surface area contributed by atoms with E-state index in [2.05, 4.69) is 10.3 Å². The van der Waals surface area contributed by atoms with Gasteiger partial charge in [0.25, 0.3) is 5.24 Å². The zero-order valence-electron chi connectivity index (χ0n) is 15.2. The summed E-state index contributed by atoms with van der Waals surface area (Å²) in [6.07, 6.45) is 1.82. The molecule has 0 bridgehead atoms. The number of amides is 1. The van der Waals surface area contributed by atoms with Gasteiger partial charge in [0.05, 0.1) is 17.2 Å². The third kappa shape index (κ3) is 4.18. The molecule has 28 heavy (non-hydrogen) atoms. The number of carbonyl (C=O) groups excluding carboxylic acids is 1. The van der Waals surface area contributed by atoms with Gasteiger partial charge in [0.15, 0.2) is 0 Å². The molecule has 2 aromatic carbocycles. The summed E-state index contributed by atoms with van der Waals surface area (Å²) >= 11 is 1.10. The van der Waals surface area contributed by atoms with Crippen LogP contribution in [0, 0.1) is 0 Å². The fourth-order valence-corrected chi connectivity index (χ4v) is 3.46. The van der Waals surface area contributed by atoms with E-state index in [1.54, 1.807) is 0 Å². The van der Waals surface area contributed by atoms with Gasteiger partial charge in [0.1, 0.15) is 23.1 Å². The number of hydrogen-bond donors (Lipinski definition) is 1. The van der Waals surface area contributed by atoms with Gasteiger partial charge in [-0.25, -0.2) is 4.99 Å². The highest BCUT2D eigenvalue weighted by atomic mass is 32.2. The van der Waals surface area contributed by atoms with E-state index in [0.717, 1.165) is 34.5 Å². The quantitative estimate of drug-likeness (QED) is 0.591. The van der Waals surface area contributed by atoms with Crippen molar-refractivity contribution in [3.63, 3.8) is 0 Å². The van der Waals surface area contributed by atoms with Crippen LogP contribution in [0.1, 0.15) is 12.7 Å². The summed E-state index contributed by atoms with van der Waals surface area (Å²) in [5.41, 5.74) is 1.74. The highest BCUT2D eigenvalue weighted by molar-refractivity contribution is 8.18. The predicted molar refractivity (Wildman–Crippen MR) is 113 cm³/mol. The van der Waals surface area contributed by atoms with Crippen LogP contribution in [0.3, 0.4) is 0 Å². The lowest BCUT2D eigenvalue weighted by Gasteiger charge is -2.03. The fraction of sp³-hybridized carbons (Fsp3) is 0.0909. The molecule has 1 aromatic heterocycles. The zero-order chi connectivity index (χ0) is 19.3. The molecular weight excluding hydrogens is 372 g/mol. The van der Waals surface area contributed by atoms with Crippen molar-refractivity contribution >= 4 is 34.6 Å². The summed E-state index contributed by atoms with van der Waals surface area (Å²) in [6, 6.07) is 21.1. The van der Waals surface area contributed by atoms with E-state index in [4.69, 9.17) is 9.15 Å². The lowest BCUT2D eigenvalue weighted by molar-refractivity contribution is 0.265. The minimum absolute atomic E-state index is 0.161. The normalized spacial score (nSPS) is 16.5. The molecular formula is C22H18N2O3S. The Morgan fingerprint density at radius 1 is 1.07 bits per heavy atom. The van der Waals surface area contributed by atoms with Crippen LogP contribution in [-0.2, 0) is 0 Å². The lowest BCUT2D eigenvalue weighted by atomic mass is 10.2. The molecule has 1 aliphatic rings. The van der Waals surface area contributed by atoms with E-state index in [9.17, 15) is 4.79 Å².